The molecule has 1 heterocycles. The summed E-state index contributed by atoms with van der Waals surface area (Å²) in [4.78, 5) is 29.0. The second-order valence-electron chi connectivity index (χ2n) is 7.67. The number of benzene rings is 1. The van der Waals surface area contributed by atoms with Gasteiger partial charge in [0.15, 0.2) is 0 Å². The van der Waals surface area contributed by atoms with E-state index in [9.17, 15) is 9.59 Å². The van der Waals surface area contributed by atoms with Crippen LogP contribution in [-0.4, -0.2) is 34.8 Å². The summed E-state index contributed by atoms with van der Waals surface area (Å²) in [6.07, 6.45) is 3.34. The summed E-state index contributed by atoms with van der Waals surface area (Å²) in [5, 5.41) is 7.69. The van der Waals surface area contributed by atoms with Crippen LogP contribution in [0.25, 0.3) is 10.9 Å². The number of hydrogen-bond acceptors (Lipinski definition) is 5. The summed E-state index contributed by atoms with van der Waals surface area (Å²) >= 11 is 0. The molecule has 2 N–H and O–H groups in total. The first-order valence-corrected chi connectivity index (χ1v) is 9.37. The molecule has 1 unspecified atom stereocenters. The van der Waals surface area contributed by atoms with Crippen LogP contribution in [0.4, 0.5) is 4.79 Å². The highest BCUT2D eigenvalue weighted by molar-refractivity contribution is 5.97. The van der Waals surface area contributed by atoms with E-state index in [0.29, 0.717) is 6.42 Å². The molecule has 2 atom stereocenters. The van der Waals surface area contributed by atoms with Crippen LogP contribution in [0.5, 0.6) is 0 Å². The van der Waals surface area contributed by atoms with Crippen LogP contribution < -0.4 is 10.7 Å². The molecule has 28 heavy (non-hydrogen) atoms. The van der Waals surface area contributed by atoms with Crippen molar-refractivity contribution in [2.24, 2.45) is 11.0 Å². The van der Waals surface area contributed by atoms with Crippen LogP contribution in [0.3, 0.4) is 0 Å². The normalized spacial score (nSPS) is 13.9. The van der Waals surface area contributed by atoms with Gasteiger partial charge in [-0.05, 0) is 32.8 Å². The number of rotatable bonds is 6. The van der Waals surface area contributed by atoms with Crippen LogP contribution in [0, 0.1) is 5.92 Å². The van der Waals surface area contributed by atoms with Gasteiger partial charge in [0.2, 0.25) is 0 Å². The first-order chi connectivity index (χ1) is 13.2. The summed E-state index contributed by atoms with van der Waals surface area (Å²) in [5.41, 5.74) is 3.46. The quantitative estimate of drug-likeness (QED) is 0.588. The van der Waals surface area contributed by atoms with Gasteiger partial charge < -0.3 is 10.1 Å². The summed E-state index contributed by atoms with van der Waals surface area (Å²) in [7, 11) is 0. The lowest BCUT2D eigenvalue weighted by atomic mass is 9.99. The van der Waals surface area contributed by atoms with Crippen molar-refractivity contribution in [3.63, 3.8) is 0 Å². The fourth-order valence-corrected chi connectivity index (χ4v) is 2.60. The standard InChI is InChI=1S/C21H28N4O3/c1-6-14(2)17(24-20(27)28-21(3,4)5)19(26)25-23-13-16-10-7-9-15-11-8-12-22-18(15)16/h7-14,17H,6H2,1-5H3,(H,24,27)(H,25,26)/b23-13+/t14?,17-/m0/s1. The van der Waals surface area contributed by atoms with Crippen molar-refractivity contribution in [3.8, 4) is 0 Å². The summed E-state index contributed by atoms with van der Waals surface area (Å²) in [5.74, 6) is -0.480. The minimum Gasteiger partial charge on any atom is -0.444 e. The Morgan fingerprint density at radius 3 is 2.64 bits per heavy atom. The zero-order valence-electron chi connectivity index (χ0n) is 17.0. The number of alkyl carbamates (subject to hydrolysis) is 1. The largest absolute Gasteiger partial charge is 0.444 e. The van der Waals surface area contributed by atoms with E-state index >= 15 is 0 Å². The number of para-hydroxylation sites is 1. The van der Waals surface area contributed by atoms with E-state index in [1.54, 1.807) is 33.2 Å². The highest BCUT2D eigenvalue weighted by Gasteiger charge is 2.28. The van der Waals surface area contributed by atoms with Crippen LogP contribution in [0.15, 0.2) is 41.6 Å². The maximum atomic E-state index is 12.6. The van der Waals surface area contributed by atoms with Crippen molar-refractivity contribution < 1.29 is 14.3 Å². The average molecular weight is 384 g/mol. The van der Waals surface area contributed by atoms with E-state index in [1.807, 2.05) is 44.2 Å². The van der Waals surface area contributed by atoms with Crippen molar-refractivity contribution in [2.75, 3.05) is 0 Å². The Hall–Kier alpha value is -2.96. The maximum absolute atomic E-state index is 12.6. The van der Waals surface area contributed by atoms with Crippen molar-refractivity contribution in [2.45, 2.75) is 52.7 Å². The molecule has 0 spiro atoms. The number of aromatic nitrogens is 1. The predicted molar refractivity (Wildman–Crippen MR) is 110 cm³/mol. The number of nitrogens with one attached hydrogen (secondary N) is 2. The molecule has 1 aromatic heterocycles. The second kappa shape index (κ2) is 9.30. The number of carbonyl (C=O) groups excluding carboxylic acids is 2. The minimum atomic E-state index is -0.748. The number of pyridine rings is 1. The molecular weight excluding hydrogens is 356 g/mol. The molecule has 0 fully saturated rings. The van der Waals surface area contributed by atoms with Gasteiger partial charge in [-0.1, -0.05) is 44.5 Å². The molecule has 7 heteroatoms. The van der Waals surface area contributed by atoms with Crippen LogP contribution >= 0.6 is 0 Å². The number of fused-ring (bicyclic) bond motifs is 1. The molecule has 1 aromatic carbocycles. The molecule has 0 radical (unpaired) electrons. The van der Waals surface area contributed by atoms with Crippen LogP contribution in [0.1, 0.15) is 46.6 Å². The summed E-state index contributed by atoms with van der Waals surface area (Å²) in [6.45, 7) is 9.15. The Morgan fingerprint density at radius 2 is 1.96 bits per heavy atom. The lowest BCUT2D eigenvalue weighted by molar-refractivity contribution is -0.124. The van der Waals surface area contributed by atoms with Gasteiger partial charge >= 0.3 is 6.09 Å². The molecule has 2 amide bonds. The molecule has 0 aliphatic heterocycles. The van der Waals surface area contributed by atoms with Gasteiger partial charge in [0, 0.05) is 17.1 Å². The average Bonchev–Trinajstić information content (AvgIpc) is 2.64. The van der Waals surface area contributed by atoms with Crippen molar-refractivity contribution in [1.29, 1.82) is 0 Å². The first-order valence-electron chi connectivity index (χ1n) is 9.37. The third-order valence-corrected chi connectivity index (χ3v) is 4.21. The molecular formula is C21H28N4O3. The third kappa shape index (κ3) is 6.04. The fourth-order valence-electron chi connectivity index (χ4n) is 2.60. The molecule has 2 aromatic rings. The summed E-state index contributed by atoms with van der Waals surface area (Å²) in [6, 6.07) is 8.81. The van der Waals surface area contributed by atoms with Gasteiger partial charge in [-0.15, -0.1) is 0 Å². The number of hydrogen-bond donors (Lipinski definition) is 2. The van der Waals surface area contributed by atoms with E-state index < -0.39 is 23.6 Å². The molecule has 150 valence electrons. The van der Waals surface area contributed by atoms with E-state index in [0.717, 1.165) is 16.5 Å². The Labute approximate surface area is 165 Å². The second-order valence-corrected chi connectivity index (χ2v) is 7.67. The van der Waals surface area contributed by atoms with Gasteiger partial charge in [0.05, 0.1) is 11.7 Å². The SMILES string of the molecule is CCC(C)[C@H](NC(=O)OC(C)(C)C)C(=O)N/N=C/c1cccc2cccnc12. The lowest BCUT2D eigenvalue weighted by Gasteiger charge is -2.25. The van der Waals surface area contributed by atoms with E-state index in [1.165, 1.54) is 0 Å². The van der Waals surface area contributed by atoms with Crippen molar-refractivity contribution in [1.82, 2.24) is 15.7 Å². The minimum absolute atomic E-state index is 0.0815. The monoisotopic (exact) mass is 384 g/mol. The van der Waals surface area contributed by atoms with Crippen molar-refractivity contribution >= 4 is 29.1 Å². The fraction of sp³-hybridized carbons (Fsp3) is 0.429. The maximum Gasteiger partial charge on any atom is 0.408 e. The molecule has 0 aliphatic rings. The van der Waals surface area contributed by atoms with Gasteiger partial charge in [-0.3, -0.25) is 9.78 Å². The number of nitrogens with zero attached hydrogens (tertiary/aromatic N) is 2. The molecule has 0 saturated heterocycles. The van der Waals surface area contributed by atoms with Crippen LogP contribution in [-0.2, 0) is 9.53 Å². The number of ether oxygens (including phenoxy) is 1. The highest BCUT2D eigenvalue weighted by Crippen LogP contribution is 2.14. The van der Waals surface area contributed by atoms with E-state index in [2.05, 4.69) is 20.8 Å². The van der Waals surface area contributed by atoms with Gasteiger partial charge in [-0.25, -0.2) is 10.2 Å². The van der Waals surface area contributed by atoms with Crippen molar-refractivity contribution in [3.05, 3.63) is 42.1 Å². The lowest BCUT2D eigenvalue weighted by Crippen LogP contribution is -2.50. The smallest absolute Gasteiger partial charge is 0.408 e. The number of carbonyl (C=O) groups is 2. The Balaban J connectivity index is 2.08. The van der Waals surface area contributed by atoms with Gasteiger partial charge in [0.1, 0.15) is 11.6 Å². The molecule has 0 saturated carbocycles. The molecule has 2 rings (SSSR count). The number of hydrazone groups is 1. The van der Waals surface area contributed by atoms with Gasteiger partial charge in [-0.2, -0.15) is 5.10 Å². The molecule has 0 aliphatic carbocycles. The van der Waals surface area contributed by atoms with Crippen LogP contribution in [0.2, 0.25) is 0 Å². The summed E-state index contributed by atoms with van der Waals surface area (Å²) < 4.78 is 5.26. The Kier molecular flexibility index (Phi) is 7.09. The zero-order chi connectivity index (χ0) is 20.7. The zero-order valence-corrected chi connectivity index (χ0v) is 17.0. The third-order valence-electron chi connectivity index (χ3n) is 4.21. The molecule has 0 bridgehead atoms. The highest BCUT2D eigenvalue weighted by atomic mass is 16.6. The predicted octanol–water partition coefficient (Wildman–Crippen LogP) is 3.62. The van der Waals surface area contributed by atoms with Gasteiger partial charge in [0.25, 0.3) is 5.91 Å². The van der Waals surface area contributed by atoms with E-state index in [4.69, 9.17) is 4.74 Å². The Morgan fingerprint density at radius 1 is 1.25 bits per heavy atom. The molecule has 7 nitrogen and oxygen atoms in total. The topological polar surface area (TPSA) is 92.7 Å². The van der Waals surface area contributed by atoms with E-state index in [-0.39, 0.29) is 5.92 Å². The first kappa shape index (κ1) is 21.3. The Bertz CT molecular complexity index is 853. The number of amides is 2.